The number of rotatable bonds is 6. The first-order chi connectivity index (χ1) is 10.1. The van der Waals surface area contributed by atoms with Crippen LogP contribution in [0, 0.1) is 5.92 Å². The van der Waals surface area contributed by atoms with Gasteiger partial charge in [-0.1, -0.05) is 20.8 Å². The minimum atomic E-state index is -0.269. The van der Waals surface area contributed by atoms with E-state index in [1.807, 2.05) is 12.3 Å². The van der Waals surface area contributed by atoms with Gasteiger partial charge in [0.1, 0.15) is 5.60 Å². The van der Waals surface area contributed by atoms with Crippen LogP contribution in [0.5, 0.6) is 0 Å². The van der Waals surface area contributed by atoms with E-state index in [9.17, 15) is 0 Å². The molecule has 0 aromatic carbocycles. The molecule has 0 radical (unpaired) electrons. The van der Waals surface area contributed by atoms with Gasteiger partial charge in [-0.25, -0.2) is 9.97 Å². The molecule has 1 aromatic rings. The molecule has 21 heavy (non-hydrogen) atoms. The quantitative estimate of drug-likeness (QED) is 0.872. The van der Waals surface area contributed by atoms with Gasteiger partial charge >= 0.3 is 0 Å². The lowest BCUT2D eigenvalue weighted by Gasteiger charge is -2.37. The van der Waals surface area contributed by atoms with Gasteiger partial charge in [-0.3, -0.25) is 0 Å². The maximum absolute atomic E-state index is 6.14. The zero-order valence-electron chi connectivity index (χ0n) is 13.9. The smallest absolute Gasteiger partial charge is 0.160 e. The van der Waals surface area contributed by atoms with E-state index in [4.69, 9.17) is 9.72 Å². The largest absolute Gasteiger partial charge is 0.367 e. The molecule has 0 amide bonds. The molecule has 1 aromatic heterocycles. The van der Waals surface area contributed by atoms with Crippen LogP contribution in [0.3, 0.4) is 0 Å². The minimum absolute atomic E-state index is 0.269. The van der Waals surface area contributed by atoms with E-state index in [0.29, 0.717) is 12.6 Å². The summed E-state index contributed by atoms with van der Waals surface area (Å²) in [7, 11) is 0. The van der Waals surface area contributed by atoms with E-state index in [0.717, 1.165) is 36.8 Å². The van der Waals surface area contributed by atoms with E-state index in [-0.39, 0.29) is 5.60 Å². The summed E-state index contributed by atoms with van der Waals surface area (Å²) in [5.74, 6) is 1.66. The first-order valence-corrected chi connectivity index (χ1v) is 8.25. The molecule has 1 heterocycles. The van der Waals surface area contributed by atoms with Crippen molar-refractivity contribution >= 4 is 0 Å². The summed E-state index contributed by atoms with van der Waals surface area (Å²) in [6.07, 6.45) is 6.32. The zero-order chi connectivity index (χ0) is 15.3. The topological polar surface area (TPSA) is 47.0 Å². The molecule has 118 valence electrons. The van der Waals surface area contributed by atoms with Gasteiger partial charge in [-0.05, 0) is 44.6 Å². The molecule has 4 heteroatoms. The highest BCUT2D eigenvalue weighted by molar-refractivity contribution is 5.10. The van der Waals surface area contributed by atoms with Crippen molar-refractivity contribution < 1.29 is 4.74 Å². The molecule has 1 aliphatic rings. The van der Waals surface area contributed by atoms with Crippen molar-refractivity contribution in [1.29, 1.82) is 0 Å². The third-order valence-electron chi connectivity index (χ3n) is 4.31. The molecule has 0 atom stereocenters. The van der Waals surface area contributed by atoms with E-state index < -0.39 is 0 Å². The molecule has 1 N–H and O–H groups in total. The minimum Gasteiger partial charge on any atom is -0.367 e. The molecule has 0 bridgehead atoms. The molecule has 0 spiro atoms. The van der Waals surface area contributed by atoms with Crippen LogP contribution < -0.4 is 5.32 Å². The second-order valence-corrected chi connectivity index (χ2v) is 6.52. The first kappa shape index (κ1) is 16.4. The van der Waals surface area contributed by atoms with E-state index in [2.05, 4.69) is 38.0 Å². The lowest BCUT2D eigenvalue weighted by Crippen LogP contribution is -2.36. The predicted octanol–water partition coefficient (Wildman–Crippen LogP) is 3.42. The van der Waals surface area contributed by atoms with Gasteiger partial charge in [-0.15, -0.1) is 0 Å². The van der Waals surface area contributed by atoms with E-state index >= 15 is 0 Å². The summed E-state index contributed by atoms with van der Waals surface area (Å²) in [5.41, 5.74) is 0.779. The second kappa shape index (κ2) is 7.32. The molecule has 1 aliphatic carbocycles. The SMILES string of the molecule is CCOC1(c2nccc(CNC(C)C)n2)CCC(C)CC1. The number of nitrogens with one attached hydrogen (secondary N) is 1. The van der Waals surface area contributed by atoms with Gasteiger partial charge in [0.05, 0.1) is 5.69 Å². The summed E-state index contributed by atoms with van der Waals surface area (Å²) in [6.45, 7) is 10.2. The highest BCUT2D eigenvalue weighted by Gasteiger charge is 2.39. The Balaban J connectivity index is 2.18. The Bertz CT molecular complexity index is 439. The monoisotopic (exact) mass is 291 g/mol. The van der Waals surface area contributed by atoms with Gasteiger partial charge in [0, 0.05) is 25.4 Å². The van der Waals surface area contributed by atoms with Gasteiger partial charge in [-0.2, -0.15) is 0 Å². The average Bonchev–Trinajstić information content (AvgIpc) is 2.48. The van der Waals surface area contributed by atoms with Crippen LogP contribution in [0.15, 0.2) is 12.3 Å². The Labute approximate surface area is 128 Å². The summed E-state index contributed by atoms with van der Waals surface area (Å²) >= 11 is 0. The molecule has 1 fully saturated rings. The Kier molecular flexibility index (Phi) is 5.71. The van der Waals surface area contributed by atoms with Crippen LogP contribution in [0.25, 0.3) is 0 Å². The van der Waals surface area contributed by atoms with Crippen molar-refractivity contribution in [3.05, 3.63) is 23.8 Å². The van der Waals surface area contributed by atoms with Crippen molar-refractivity contribution in [2.45, 2.75) is 71.6 Å². The number of hydrogen-bond donors (Lipinski definition) is 1. The number of hydrogen-bond acceptors (Lipinski definition) is 4. The van der Waals surface area contributed by atoms with Crippen molar-refractivity contribution in [3.63, 3.8) is 0 Å². The van der Waals surface area contributed by atoms with Crippen molar-refractivity contribution in [1.82, 2.24) is 15.3 Å². The van der Waals surface area contributed by atoms with Crippen LogP contribution in [0.1, 0.15) is 64.9 Å². The lowest BCUT2D eigenvalue weighted by atomic mass is 9.79. The third-order valence-corrected chi connectivity index (χ3v) is 4.31. The molecule has 1 saturated carbocycles. The molecular formula is C17H29N3O. The molecular weight excluding hydrogens is 262 g/mol. The van der Waals surface area contributed by atoms with Crippen molar-refractivity contribution in [2.24, 2.45) is 5.92 Å². The molecule has 2 rings (SSSR count). The summed E-state index contributed by atoms with van der Waals surface area (Å²) in [4.78, 5) is 9.33. The Morgan fingerprint density at radius 2 is 2.10 bits per heavy atom. The van der Waals surface area contributed by atoms with E-state index in [1.54, 1.807) is 0 Å². The van der Waals surface area contributed by atoms with Gasteiger partial charge in [0.25, 0.3) is 0 Å². The number of ether oxygens (including phenoxy) is 1. The summed E-state index contributed by atoms with van der Waals surface area (Å²) in [6, 6.07) is 2.45. The van der Waals surface area contributed by atoms with Crippen LogP contribution >= 0.6 is 0 Å². The maximum atomic E-state index is 6.14. The Morgan fingerprint density at radius 3 is 2.71 bits per heavy atom. The fourth-order valence-electron chi connectivity index (χ4n) is 2.96. The first-order valence-electron chi connectivity index (χ1n) is 8.25. The Morgan fingerprint density at radius 1 is 1.38 bits per heavy atom. The van der Waals surface area contributed by atoms with Gasteiger partial charge < -0.3 is 10.1 Å². The van der Waals surface area contributed by atoms with Gasteiger partial charge in [0.15, 0.2) is 5.82 Å². The molecule has 0 saturated heterocycles. The van der Waals surface area contributed by atoms with Crippen molar-refractivity contribution in [3.8, 4) is 0 Å². The van der Waals surface area contributed by atoms with E-state index in [1.165, 1.54) is 12.8 Å². The normalized spacial score (nSPS) is 26.2. The molecule has 4 nitrogen and oxygen atoms in total. The summed E-state index contributed by atoms with van der Waals surface area (Å²) < 4.78 is 6.14. The molecule has 0 aliphatic heterocycles. The number of nitrogens with zero attached hydrogens (tertiary/aromatic N) is 2. The zero-order valence-corrected chi connectivity index (χ0v) is 13.9. The van der Waals surface area contributed by atoms with Crippen LogP contribution in [-0.4, -0.2) is 22.6 Å². The lowest BCUT2D eigenvalue weighted by molar-refractivity contribution is -0.0838. The second-order valence-electron chi connectivity index (χ2n) is 6.52. The third kappa shape index (κ3) is 4.24. The van der Waals surface area contributed by atoms with Crippen LogP contribution in [-0.2, 0) is 16.9 Å². The van der Waals surface area contributed by atoms with Crippen molar-refractivity contribution in [2.75, 3.05) is 6.61 Å². The van der Waals surface area contributed by atoms with Crippen LogP contribution in [0.4, 0.5) is 0 Å². The fourth-order valence-corrected chi connectivity index (χ4v) is 2.96. The number of aromatic nitrogens is 2. The highest BCUT2D eigenvalue weighted by atomic mass is 16.5. The Hall–Kier alpha value is -1.00. The van der Waals surface area contributed by atoms with Gasteiger partial charge in [0.2, 0.25) is 0 Å². The highest BCUT2D eigenvalue weighted by Crippen LogP contribution is 2.40. The maximum Gasteiger partial charge on any atom is 0.160 e. The molecule has 0 unspecified atom stereocenters. The van der Waals surface area contributed by atoms with Crippen LogP contribution in [0.2, 0.25) is 0 Å². The standard InChI is InChI=1S/C17H29N3O/c1-5-21-17(9-6-14(4)7-10-17)16-18-11-8-15(20-16)12-19-13(2)3/h8,11,13-14,19H,5-7,9-10,12H2,1-4H3. The fraction of sp³-hybridized carbons (Fsp3) is 0.765. The predicted molar refractivity (Wildman–Crippen MR) is 84.9 cm³/mol. The average molecular weight is 291 g/mol. The summed E-state index contributed by atoms with van der Waals surface area (Å²) in [5, 5.41) is 3.41.